The van der Waals surface area contributed by atoms with Gasteiger partial charge in [0.15, 0.2) is 0 Å². The van der Waals surface area contributed by atoms with Crippen LogP contribution in [0, 0.1) is 11.8 Å². The Balaban J connectivity index is 1.77. The van der Waals surface area contributed by atoms with Gasteiger partial charge in [-0.15, -0.1) is 0 Å². The van der Waals surface area contributed by atoms with Crippen molar-refractivity contribution in [3.05, 3.63) is 0 Å². The standard InChI is InChI=1S/C10H20N2/c1-12(7-8-2-3-8)10(6-11)9-4-5-9/h8-10H,2-7,11H2,1H3. The zero-order chi connectivity index (χ0) is 8.55. The Kier molecular flexibility index (Phi) is 2.37. The Morgan fingerprint density at radius 1 is 1.33 bits per heavy atom. The molecule has 0 aromatic heterocycles. The minimum Gasteiger partial charge on any atom is -0.329 e. The molecule has 0 spiro atoms. The van der Waals surface area contributed by atoms with Crippen molar-refractivity contribution in [2.24, 2.45) is 17.6 Å². The van der Waals surface area contributed by atoms with E-state index < -0.39 is 0 Å². The lowest BCUT2D eigenvalue weighted by atomic mass is 10.1. The third kappa shape index (κ3) is 1.99. The van der Waals surface area contributed by atoms with Gasteiger partial charge in [0.05, 0.1) is 0 Å². The lowest BCUT2D eigenvalue weighted by Crippen LogP contribution is -2.40. The summed E-state index contributed by atoms with van der Waals surface area (Å²) in [5.74, 6) is 1.93. The van der Waals surface area contributed by atoms with E-state index in [4.69, 9.17) is 5.73 Å². The topological polar surface area (TPSA) is 29.3 Å². The van der Waals surface area contributed by atoms with Gasteiger partial charge in [0.1, 0.15) is 0 Å². The average molecular weight is 168 g/mol. The fourth-order valence-electron chi connectivity index (χ4n) is 2.06. The van der Waals surface area contributed by atoms with Crippen molar-refractivity contribution in [1.82, 2.24) is 4.90 Å². The van der Waals surface area contributed by atoms with Crippen LogP contribution >= 0.6 is 0 Å². The third-order valence-electron chi connectivity index (χ3n) is 3.22. The quantitative estimate of drug-likeness (QED) is 0.665. The minimum atomic E-state index is 0.686. The van der Waals surface area contributed by atoms with Gasteiger partial charge in [-0.05, 0) is 44.6 Å². The van der Waals surface area contributed by atoms with Gasteiger partial charge in [-0.3, -0.25) is 0 Å². The Hall–Kier alpha value is -0.0800. The normalized spacial score (nSPS) is 26.2. The summed E-state index contributed by atoms with van der Waals surface area (Å²) in [4.78, 5) is 2.50. The Bertz CT molecular complexity index is 150. The molecule has 0 heterocycles. The van der Waals surface area contributed by atoms with Crippen molar-refractivity contribution in [3.63, 3.8) is 0 Å². The van der Waals surface area contributed by atoms with Gasteiger partial charge in [0, 0.05) is 19.1 Å². The zero-order valence-electron chi connectivity index (χ0n) is 8.00. The molecule has 2 aliphatic rings. The highest BCUT2D eigenvalue weighted by molar-refractivity contribution is 4.89. The molecule has 2 aliphatic carbocycles. The van der Waals surface area contributed by atoms with E-state index in [0.29, 0.717) is 6.04 Å². The summed E-state index contributed by atoms with van der Waals surface area (Å²) in [5, 5.41) is 0. The maximum Gasteiger partial charge on any atom is 0.0243 e. The van der Waals surface area contributed by atoms with Crippen molar-refractivity contribution < 1.29 is 0 Å². The predicted octanol–water partition coefficient (Wildman–Crippen LogP) is 1.07. The molecule has 0 radical (unpaired) electrons. The fraction of sp³-hybridized carbons (Fsp3) is 1.00. The first-order valence-corrected chi connectivity index (χ1v) is 5.21. The molecule has 1 unspecified atom stereocenters. The lowest BCUT2D eigenvalue weighted by molar-refractivity contribution is 0.215. The van der Waals surface area contributed by atoms with Gasteiger partial charge in [-0.25, -0.2) is 0 Å². The average Bonchev–Trinajstić information content (AvgIpc) is 2.80. The highest BCUT2D eigenvalue weighted by atomic mass is 15.1. The number of rotatable bonds is 5. The van der Waals surface area contributed by atoms with E-state index >= 15 is 0 Å². The highest BCUT2D eigenvalue weighted by Gasteiger charge is 2.34. The SMILES string of the molecule is CN(CC1CC1)C(CN)C1CC1. The van der Waals surface area contributed by atoms with Crippen LogP contribution in [0.2, 0.25) is 0 Å². The number of hydrogen-bond acceptors (Lipinski definition) is 2. The van der Waals surface area contributed by atoms with Crippen LogP contribution < -0.4 is 5.73 Å². The van der Waals surface area contributed by atoms with E-state index in [0.717, 1.165) is 18.4 Å². The predicted molar refractivity (Wildman–Crippen MR) is 50.9 cm³/mol. The molecule has 2 rings (SSSR count). The molecule has 2 heteroatoms. The van der Waals surface area contributed by atoms with Crippen LogP contribution in [0.1, 0.15) is 25.7 Å². The number of nitrogens with two attached hydrogens (primary N) is 1. The molecule has 2 nitrogen and oxygen atoms in total. The monoisotopic (exact) mass is 168 g/mol. The van der Waals surface area contributed by atoms with Crippen LogP contribution in [-0.2, 0) is 0 Å². The first kappa shape index (κ1) is 8.52. The number of nitrogens with zero attached hydrogens (tertiary/aromatic N) is 1. The van der Waals surface area contributed by atoms with E-state index in [1.807, 2.05) is 0 Å². The summed E-state index contributed by atoms with van der Waals surface area (Å²) >= 11 is 0. The number of hydrogen-bond donors (Lipinski definition) is 1. The van der Waals surface area contributed by atoms with Gasteiger partial charge in [-0.2, -0.15) is 0 Å². The van der Waals surface area contributed by atoms with Gasteiger partial charge >= 0.3 is 0 Å². The van der Waals surface area contributed by atoms with Crippen LogP contribution in [-0.4, -0.2) is 31.1 Å². The fourth-order valence-corrected chi connectivity index (χ4v) is 2.06. The van der Waals surface area contributed by atoms with E-state index in [1.165, 1.54) is 32.2 Å². The van der Waals surface area contributed by atoms with Gasteiger partial charge in [-0.1, -0.05) is 0 Å². The largest absolute Gasteiger partial charge is 0.329 e. The molecule has 2 fully saturated rings. The van der Waals surface area contributed by atoms with Gasteiger partial charge in [0.25, 0.3) is 0 Å². The molecule has 70 valence electrons. The summed E-state index contributed by atoms with van der Waals surface area (Å²) in [6, 6.07) is 0.686. The molecule has 0 aromatic rings. The molecule has 2 saturated carbocycles. The van der Waals surface area contributed by atoms with Crippen molar-refractivity contribution >= 4 is 0 Å². The Morgan fingerprint density at radius 3 is 2.42 bits per heavy atom. The maximum absolute atomic E-state index is 5.77. The second kappa shape index (κ2) is 3.35. The molecule has 12 heavy (non-hydrogen) atoms. The molecule has 0 amide bonds. The van der Waals surface area contributed by atoms with Gasteiger partial charge < -0.3 is 10.6 Å². The smallest absolute Gasteiger partial charge is 0.0243 e. The molecule has 0 aliphatic heterocycles. The first-order valence-electron chi connectivity index (χ1n) is 5.21. The molecule has 1 atom stereocenters. The van der Waals surface area contributed by atoms with Crippen LogP contribution in [0.5, 0.6) is 0 Å². The van der Waals surface area contributed by atoms with E-state index in [-0.39, 0.29) is 0 Å². The molecular weight excluding hydrogens is 148 g/mol. The molecular formula is C10H20N2. The van der Waals surface area contributed by atoms with Gasteiger partial charge in [0.2, 0.25) is 0 Å². The molecule has 2 N–H and O–H groups in total. The van der Waals surface area contributed by atoms with Crippen LogP contribution in [0.25, 0.3) is 0 Å². The maximum atomic E-state index is 5.77. The van der Waals surface area contributed by atoms with Crippen LogP contribution in [0.4, 0.5) is 0 Å². The van der Waals surface area contributed by atoms with Crippen molar-refractivity contribution in [3.8, 4) is 0 Å². The van der Waals surface area contributed by atoms with Crippen molar-refractivity contribution in [1.29, 1.82) is 0 Å². The Labute approximate surface area is 75.1 Å². The van der Waals surface area contributed by atoms with E-state index in [9.17, 15) is 0 Å². The highest BCUT2D eigenvalue weighted by Crippen LogP contribution is 2.36. The second-order valence-corrected chi connectivity index (χ2v) is 4.52. The van der Waals surface area contributed by atoms with E-state index in [1.54, 1.807) is 0 Å². The summed E-state index contributed by atoms with van der Waals surface area (Å²) in [7, 11) is 2.24. The van der Waals surface area contributed by atoms with Crippen LogP contribution in [0.3, 0.4) is 0 Å². The lowest BCUT2D eigenvalue weighted by Gasteiger charge is -2.26. The second-order valence-electron chi connectivity index (χ2n) is 4.52. The summed E-state index contributed by atoms with van der Waals surface area (Å²) in [6.07, 6.45) is 5.73. The Morgan fingerprint density at radius 2 is 2.00 bits per heavy atom. The molecule has 0 saturated heterocycles. The van der Waals surface area contributed by atoms with Crippen molar-refractivity contribution in [2.45, 2.75) is 31.7 Å². The molecule has 0 bridgehead atoms. The van der Waals surface area contributed by atoms with Crippen molar-refractivity contribution in [2.75, 3.05) is 20.1 Å². The summed E-state index contributed by atoms with van der Waals surface area (Å²) in [6.45, 7) is 2.15. The number of likely N-dealkylation sites (N-methyl/N-ethyl adjacent to an activating group) is 1. The summed E-state index contributed by atoms with van der Waals surface area (Å²) < 4.78 is 0. The van der Waals surface area contributed by atoms with E-state index in [2.05, 4.69) is 11.9 Å². The first-order chi connectivity index (χ1) is 5.81. The third-order valence-corrected chi connectivity index (χ3v) is 3.22. The summed E-state index contributed by atoms with van der Waals surface area (Å²) in [5.41, 5.74) is 5.77. The van der Waals surface area contributed by atoms with Crippen LogP contribution in [0.15, 0.2) is 0 Å². The molecule has 0 aromatic carbocycles. The zero-order valence-corrected chi connectivity index (χ0v) is 8.00. The minimum absolute atomic E-state index is 0.686.